The van der Waals surface area contributed by atoms with Crippen LogP contribution >= 0.6 is 12.4 Å². The Bertz CT molecular complexity index is 771. The van der Waals surface area contributed by atoms with Gasteiger partial charge in [-0.1, -0.05) is 19.1 Å². The van der Waals surface area contributed by atoms with Crippen LogP contribution in [0.3, 0.4) is 0 Å². The molecule has 0 amide bonds. The minimum absolute atomic E-state index is 0. The van der Waals surface area contributed by atoms with Gasteiger partial charge in [-0.15, -0.1) is 12.4 Å². The van der Waals surface area contributed by atoms with Gasteiger partial charge in [0.25, 0.3) is 0 Å². The maximum Gasteiger partial charge on any atom is 0.243 e. The Hall–Kier alpha value is -1.21. The highest BCUT2D eigenvalue weighted by Crippen LogP contribution is 2.28. The maximum absolute atomic E-state index is 13.3. The molecule has 1 aliphatic heterocycles. The molecule has 1 aliphatic rings. The number of hydrogen-bond acceptors (Lipinski definition) is 4. The quantitative estimate of drug-likeness (QED) is 0.880. The summed E-state index contributed by atoms with van der Waals surface area (Å²) in [5, 5.41) is 4.91. The third-order valence-electron chi connectivity index (χ3n) is 4.39. The molecular formula is C17H24ClN3O2S. The Kier molecular flexibility index (Phi) is 6.57. The fraction of sp³-hybridized carbons (Fsp3) is 0.471. The number of benzene rings is 1. The van der Waals surface area contributed by atoms with E-state index < -0.39 is 10.0 Å². The van der Waals surface area contributed by atoms with Crippen LogP contribution < -0.4 is 5.32 Å². The molecule has 0 aliphatic carbocycles. The van der Waals surface area contributed by atoms with Crippen LogP contribution in [0.4, 0.5) is 0 Å². The molecule has 5 nitrogen and oxygen atoms in total. The van der Waals surface area contributed by atoms with Gasteiger partial charge >= 0.3 is 0 Å². The van der Waals surface area contributed by atoms with E-state index in [2.05, 4.69) is 10.3 Å². The topological polar surface area (TPSA) is 62.3 Å². The van der Waals surface area contributed by atoms with E-state index in [9.17, 15) is 8.42 Å². The third kappa shape index (κ3) is 3.72. The molecular weight excluding hydrogens is 346 g/mol. The van der Waals surface area contributed by atoms with Crippen molar-refractivity contribution in [3.63, 3.8) is 0 Å². The number of fused-ring (bicyclic) bond motifs is 1. The summed E-state index contributed by atoms with van der Waals surface area (Å²) < 4.78 is 28.4. The molecule has 0 radical (unpaired) electrons. The summed E-state index contributed by atoms with van der Waals surface area (Å²) in [4.78, 5) is 4.48. The zero-order valence-corrected chi connectivity index (χ0v) is 15.4. The van der Waals surface area contributed by atoms with E-state index in [0.29, 0.717) is 11.4 Å². The number of sulfonamides is 1. The molecule has 0 bridgehead atoms. The molecule has 24 heavy (non-hydrogen) atoms. The van der Waals surface area contributed by atoms with E-state index in [0.717, 1.165) is 43.1 Å². The van der Waals surface area contributed by atoms with E-state index in [1.54, 1.807) is 34.9 Å². The van der Waals surface area contributed by atoms with Crippen molar-refractivity contribution in [2.45, 2.75) is 37.1 Å². The minimum Gasteiger partial charge on any atom is -0.317 e. The fourth-order valence-corrected chi connectivity index (χ4v) is 5.25. The molecule has 3 rings (SSSR count). The highest BCUT2D eigenvalue weighted by atomic mass is 35.5. The number of piperidine rings is 1. The van der Waals surface area contributed by atoms with E-state index in [1.807, 2.05) is 13.0 Å². The van der Waals surface area contributed by atoms with Crippen molar-refractivity contribution in [2.75, 3.05) is 19.6 Å². The second kappa shape index (κ2) is 8.25. The van der Waals surface area contributed by atoms with Crippen molar-refractivity contribution < 1.29 is 8.42 Å². The standard InChI is InChI=1S/C17H23N3O2S.ClH/c1-2-12-20(15-6-9-18-10-7-15)23(21,22)17-5-3-4-14-13-19-11-8-16(14)17;/h3-5,8,11,13,15,18H,2,6-7,9-10,12H2,1H3;1H. The van der Waals surface area contributed by atoms with Gasteiger partial charge in [-0.25, -0.2) is 8.42 Å². The van der Waals surface area contributed by atoms with Crippen LogP contribution in [-0.4, -0.2) is 43.4 Å². The molecule has 0 spiro atoms. The monoisotopic (exact) mass is 369 g/mol. The first-order chi connectivity index (χ1) is 11.1. The second-order valence-electron chi connectivity index (χ2n) is 5.95. The molecule has 2 aromatic rings. The van der Waals surface area contributed by atoms with Crippen molar-refractivity contribution >= 4 is 33.2 Å². The molecule has 0 unspecified atom stereocenters. The first kappa shape index (κ1) is 19.1. The van der Waals surface area contributed by atoms with Crippen LogP contribution in [0.5, 0.6) is 0 Å². The number of aromatic nitrogens is 1. The normalized spacial score (nSPS) is 16.2. The second-order valence-corrected chi connectivity index (χ2v) is 7.81. The van der Waals surface area contributed by atoms with Crippen molar-refractivity contribution in [1.29, 1.82) is 0 Å². The number of nitrogens with one attached hydrogen (secondary N) is 1. The van der Waals surface area contributed by atoms with Gasteiger partial charge in [0.05, 0.1) is 4.90 Å². The van der Waals surface area contributed by atoms with Crippen LogP contribution in [0.15, 0.2) is 41.6 Å². The molecule has 1 N–H and O–H groups in total. The molecule has 1 saturated heterocycles. The summed E-state index contributed by atoms with van der Waals surface area (Å²) in [5.41, 5.74) is 0. The van der Waals surface area contributed by atoms with Crippen LogP contribution in [0.25, 0.3) is 10.8 Å². The highest BCUT2D eigenvalue weighted by Gasteiger charge is 2.32. The molecule has 0 atom stereocenters. The van der Waals surface area contributed by atoms with Crippen LogP contribution in [0.2, 0.25) is 0 Å². The summed E-state index contributed by atoms with van der Waals surface area (Å²) >= 11 is 0. The maximum atomic E-state index is 13.3. The Morgan fingerprint density at radius 2 is 2.00 bits per heavy atom. The van der Waals surface area contributed by atoms with Crippen LogP contribution in [0.1, 0.15) is 26.2 Å². The molecule has 1 aromatic carbocycles. The Labute approximate surface area is 149 Å². The van der Waals surface area contributed by atoms with E-state index >= 15 is 0 Å². The average molecular weight is 370 g/mol. The molecule has 132 valence electrons. The number of nitrogens with zero attached hydrogens (tertiary/aromatic N) is 2. The number of halogens is 1. The smallest absolute Gasteiger partial charge is 0.243 e. The molecule has 2 heterocycles. The van der Waals surface area contributed by atoms with E-state index in [4.69, 9.17) is 0 Å². The Morgan fingerprint density at radius 1 is 1.25 bits per heavy atom. The largest absolute Gasteiger partial charge is 0.317 e. The number of rotatable bonds is 5. The third-order valence-corrected chi connectivity index (χ3v) is 6.40. The van der Waals surface area contributed by atoms with Crippen molar-refractivity contribution in [3.05, 3.63) is 36.7 Å². The van der Waals surface area contributed by atoms with Gasteiger partial charge in [0.1, 0.15) is 0 Å². The summed E-state index contributed by atoms with van der Waals surface area (Å²) in [5.74, 6) is 0. The fourth-order valence-electron chi connectivity index (χ4n) is 3.26. The first-order valence-corrected chi connectivity index (χ1v) is 9.64. The summed E-state index contributed by atoms with van der Waals surface area (Å²) in [7, 11) is -3.51. The van der Waals surface area contributed by atoms with Crippen LogP contribution in [0, 0.1) is 0 Å². The zero-order valence-electron chi connectivity index (χ0n) is 13.8. The SMILES string of the molecule is CCCN(C1CCNCC1)S(=O)(=O)c1cccc2cnccc12.Cl. The van der Waals surface area contributed by atoms with Gasteiger partial charge in [0.15, 0.2) is 0 Å². The lowest BCUT2D eigenvalue weighted by atomic mass is 10.1. The summed E-state index contributed by atoms with van der Waals surface area (Å²) in [6.45, 7) is 4.34. The van der Waals surface area contributed by atoms with Gasteiger partial charge in [-0.2, -0.15) is 4.31 Å². The lowest BCUT2D eigenvalue weighted by Gasteiger charge is -2.33. The van der Waals surface area contributed by atoms with Crippen molar-refractivity contribution in [1.82, 2.24) is 14.6 Å². The summed E-state index contributed by atoms with van der Waals surface area (Å²) in [6.07, 6.45) is 5.91. The molecule has 1 fully saturated rings. The lowest BCUT2D eigenvalue weighted by molar-refractivity contribution is 0.262. The van der Waals surface area contributed by atoms with Gasteiger partial charge in [-0.05, 0) is 44.5 Å². The van der Waals surface area contributed by atoms with Crippen molar-refractivity contribution in [2.24, 2.45) is 0 Å². The predicted octanol–water partition coefficient (Wildman–Crippen LogP) is 2.81. The van der Waals surface area contributed by atoms with Gasteiger partial charge < -0.3 is 5.32 Å². The Balaban J connectivity index is 0.00000208. The summed E-state index contributed by atoms with van der Waals surface area (Å²) in [6, 6.07) is 7.27. The van der Waals surface area contributed by atoms with Crippen LogP contribution in [-0.2, 0) is 10.0 Å². The molecule has 7 heteroatoms. The highest BCUT2D eigenvalue weighted by molar-refractivity contribution is 7.89. The average Bonchev–Trinajstić information content (AvgIpc) is 2.59. The number of pyridine rings is 1. The zero-order chi connectivity index (χ0) is 16.3. The predicted molar refractivity (Wildman–Crippen MR) is 99.1 cm³/mol. The van der Waals surface area contributed by atoms with E-state index in [1.165, 1.54) is 0 Å². The minimum atomic E-state index is -3.51. The first-order valence-electron chi connectivity index (χ1n) is 8.20. The van der Waals surface area contributed by atoms with Gasteiger partial charge in [0.2, 0.25) is 10.0 Å². The molecule has 0 saturated carbocycles. The number of hydrogen-bond donors (Lipinski definition) is 1. The van der Waals surface area contributed by atoms with Gasteiger partial charge in [-0.3, -0.25) is 4.98 Å². The molecule has 1 aromatic heterocycles. The van der Waals surface area contributed by atoms with Crippen molar-refractivity contribution in [3.8, 4) is 0 Å². The Morgan fingerprint density at radius 3 is 2.71 bits per heavy atom. The lowest BCUT2D eigenvalue weighted by Crippen LogP contribution is -2.46. The van der Waals surface area contributed by atoms with E-state index in [-0.39, 0.29) is 18.4 Å². The van der Waals surface area contributed by atoms with Gasteiger partial charge in [0, 0.05) is 35.8 Å².